The van der Waals surface area contributed by atoms with Crippen molar-refractivity contribution in [2.75, 3.05) is 24.1 Å². The van der Waals surface area contributed by atoms with Crippen molar-refractivity contribution in [3.8, 4) is 17.0 Å². The Balaban J connectivity index is 1.43. The van der Waals surface area contributed by atoms with Gasteiger partial charge in [0.1, 0.15) is 29.8 Å². The third-order valence-corrected chi connectivity index (χ3v) is 6.40. The number of benzene rings is 2. The van der Waals surface area contributed by atoms with Crippen LogP contribution >= 0.6 is 0 Å². The molecule has 2 aliphatic rings. The van der Waals surface area contributed by atoms with Gasteiger partial charge in [0.25, 0.3) is 5.91 Å². The summed E-state index contributed by atoms with van der Waals surface area (Å²) in [4.78, 5) is 33.2. The summed E-state index contributed by atoms with van der Waals surface area (Å²) in [5.41, 5.74) is 7.77. The number of nitrogen functional groups attached to an aromatic ring is 1. The van der Waals surface area contributed by atoms with Gasteiger partial charge in [-0.3, -0.25) is 4.79 Å². The molecule has 11 heteroatoms. The Bertz CT molecular complexity index is 1370. The summed E-state index contributed by atoms with van der Waals surface area (Å²) in [5.74, 6) is -1.59. The smallest absolute Gasteiger partial charge is 0.407 e. The van der Waals surface area contributed by atoms with Crippen LogP contribution in [0.25, 0.3) is 11.3 Å². The fourth-order valence-corrected chi connectivity index (χ4v) is 4.16. The number of ether oxygens (including phenoxy) is 1. The minimum atomic E-state index is -1.06. The van der Waals surface area contributed by atoms with Crippen LogP contribution in [0.2, 0.25) is 0 Å². The Kier molecular flexibility index (Phi) is 5.91. The monoisotopic (exact) mass is 495 g/mol. The van der Waals surface area contributed by atoms with E-state index in [0.29, 0.717) is 11.5 Å². The van der Waals surface area contributed by atoms with Crippen LogP contribution in [0.4, 0.5) is 25.1 Å². The third kappa shape index (κ3) is 4.51. The average molecular weight is 495 g/mol. The van der Waals surface area contributed by atoms with Crippen LogP contribution in [-0.4, -0.2) is 51.2 Å². The van der Waals surface area contributed by atoms with Crippen molar-refractivity contribution < 1.29 is 28.2 Å². The molecule has 1 aliphatic carbocycles. The topological polar surface area (TPSA) is 131 Å². The first-order valence-electron chi connectivity index (χ1n) is 11.4. The molecule has 0 radical (unpaired) electrons. The number of hydrogen-bond donors (Lipinski definition) is 3. The van der Waals surface area contributed by atoms with Crippen molar-refractivity contribution in [3.63, 3.8) is 0 Å². The second-order valence-corrected chi connectivity index (χ2v) is 8.96. The number of anilines is 2. The zero-order valence-corrected chi connectivity index (χ0v) is 19.3. The normalized spacial score (nSPS) is 15.4. The third-order valence-electron chi connectivity index (χ3n) is 6.40. The average Bonchev–Trinajstić information content (AvgIpc) is 3.64. The highest BCUT2D eigenvalue weighted by molar-refractivity contribution is 6.05. The molecule has 1 aliphatic heterocycles. The number of nitrogens with zero attached hydrogens (tertiary/aromatic N) is 3. The van der Waals surface area contributed by atoms with Crippen molar-refractivity contribution in [3.05, 3.63) is 65.0 Å². The van der Waals surface area contributed by atoms with Gasteiger partial charge in [-0.1, -0.05) is 6.07 Å². The SMILES string of the molecule is Cc1c(NC(=O)c2ccc(C3CC3)cc2F)cc(F)cc1-c1ncnc(N)c1OC1CN(C(=O)O)C1. The first-order valence-corrected chi connectivity index (χ1v) is 11.4. The number of carboxylic acid groups (broad SMARTS) is 1. The van der Waals surface area contributed by atoms with E-state index in [2.05, 4.69) is 15.3 Å². The summed E-state index contributed by atoms with van der Waals surface area (Å²) < 4.78 is 35.2. The second kappa shape index (κ2) is 9.06. The van der Waals surface area contributed by atoms with E-state index in [1.54, 1.807) is 13.0 Å². The largest absolute Gasteiger partial charge is 0.481 e. The molecule has 36 heavy (non-hydrogen) atoms. The lowest BCUT2D eigenvalue weighted by Gasteiger charge is -2.37. The van der Waals surface area contributed by atoms with E-state index in [4.69, 9.17) is 15.6 Å². The first-order chi connectivity index (χ1) is 17.2. The Morgan fingerprint density at radius 3 is 2.58 bits per heavy atom. The number of halogens is 2. The first kappa shape index (κ1) is 23.5. The van der Waals surface area contributed by atoms with Crippen LogP contribution in [0.3, 0.4) is 0 Å². The number of nitrogens with one attached hydrogen (secondary N) is 1. The van der Waals surface area contributed by atoms with Gasteiger partial charge in [-0.2, -0.15) is 0 Å². The molecular weight excluding hydrogens is 472 g/mol. The molecular formula is C25H23F2N5O4. The van der Waals surface area contributed by atoms with Crippen LogP contribution in [0, 0.1) is 18.6 Å². The van der Waals surface area contributed by atoms with Crippen LogP contribution in [0.5, 0.6) is 5.75 Å². The summed E-state index contributed by atoms with van der Waals surface area (Å²) in [6, 6.07) is 6.89. The lowest BCUT2D eigenvalue weighted by molar-refractivity contribution is 0.0256. The van der Waals surface area contributed by atoms with Crippen LogP contribution in [-0.2, 0) is 0 Å². The number of carbonyl (C=O) groups is 2. The van der Waals surface area contributed by atoms with E-state index in [1.165, 1.54) is 29.4 Å². The van der Waals surface area contributed by atoms with Crippen molar-refractivity contribution in [2.45, 2.75) is 31.8 Å². The highest BCUT2D eigenvalue weighted by Crippen LogP contribution is 2.41. The summed E-state index contributed by atoms with van der Waals surface area (Å²) in [6.07, 6.45) is 1.68. The van der Waals surface area contributed by atoms with E-state index in [-0.39, 0.29) is 47.2 Å². The Hall–Kier alpha value is -4.28. The van der Waals surface area contributed by atoms with E-state index >= 15 is 0 Å². The van der Waals surface area contributed by atoms with E-state index < -0.39 is 29.7 Å². The standard InChI is InChI=1S/C25H23F2N5O4/c1-12-18(21-22(23(28)30-11-29-21)36-16-9-32(10-16)25(34)35)7-15(26)8-20(12)31-24(33)17-5-4-14(6-19(17)27)13-2-3-13/h4-8,11,13,16H,2-3,9-10H2,1H3,(H,31,33)(H,34,35)(H2,28,29,30). The molecule has 1 saturated heterocycles. The molecule has 4 N–H and O–H groups in total. The van der Waals surface area contributed by atoms with Gasteiger partial charge in [-0.05, 0) is 61.1 Å². The van der Waals surface area contributed by atoms with E-state index in [0.717, 1.165) is 24.5 Å². The summed E-state index contributed by atoms with van der Waals surface area (Å²) in [7, 11) is 0. The van der Waals surface area contributed by atoms with Gasteiger partial charge in [0.15, 0.2) is 11.6 Å². The maximum Gasteiger partial charge on any atom is 0.407 e. The zero-order valence-electron chi connectivity index (χ0n) is 19.3. The van der Waals surface area contributed by atoms with Crippen LogP contribution in [0.15, 0.2) is 36.7 Å². The number of carbonyl (C=O) groups excluding carboxylic acids is 1. The van der Waals surface area contributed by atoms with Crippen molar-refractivity contribution >= 4 is 23.5 Å². The molecule has 186 valence electrons. The minimum absolute atomic E-state index is 0.000783. The number of nitrogens with two attached hydrogens (primary N) is 1. The summed E-state index contributed by atoms with van der Waals surface area (Å²) >= 11 is 0. The number of hydrogen-bond acceptors (Lipinski definition) is 6. The second-order valence-electron chi connectivity index (χ2n) is 8.96. The van der Waals surface area contributed by atoms with Crippen molar-refractivity contribution in [2.24, 2.45) is 0 Å². The maximum atomic E-state index is 14.7. The highest BCUT2D eigenvalue weighted by Gasteiger charge is 2.34. The van der Waals surface area contributed by atoms with Gasteiger partial charge >= 0.3 is 6.09 Å². The molecule has 1 saturated carbocycles. The molecule has 0 spiro atoms. The zero-order chi connectivity index (χ0) is 25.6. The molecule has 1 aromatic heterocycles. The van der Waals surface area contributed by atoms with Crippen LogP contribution in [0.1, 0.15) is 40.2 Å². The lowest BCUT2D eigenvalue weighted by atomic mass is 10.0. The molecule has 0 atom stereocenters. The molecule has 2 heterocycles. The molecule has 3 aromatic rings. The quantitative estimate of drug-likeness (QED) is 0.468. The molecule has 2 fully saturated rings. The molecule has 0 bridgehead atoms. The van der Waals surface area contributed by atoms with Gasteiger partial charge < -0.3 is 25.8 Å². The van der Waals surface area contributed by atoms with E-state index in [1.807, 2.05) is 0 Å². The van der Waals surface area contributed by atoms with Gasteiger partial charge in [-0.15, -0.1) is 0 Å². The van der Waals surface area contributed by atoms with Gasteiger partial charge in [-0.25, -0.2) is 23.5 Å². The fourth-order valence-electron chi connectivity index (χ4n) is 4.16. The number of amides is 2. The minimum Gasteiger partial charge on any atom is -0.481 e. The predicted molar refractivity (Wildman–Crippen MR) is 127 cm³/mol. The van der Waals surface area contributed by atoms with Gasteiger partial charge in [0.2, 0.25) is 0 Å². The molecule has 2 amide bonds. The number of aromatic nitrogens is 2. The van der Waals surface area contributed by atoms with Crippen molar-refractivity contribution in [1.29, 1.82) is 0 Å². The molecule has 9 nitrogen and oxygen atoms in total. The lowest BCUT2D eigenvalue weighted by Crippen LogP contribution is -2.55. The van der Waals surface area contributed by atoms with Crippen LogP contribution < -0.4 is 15.8 Å². The summed E-state index contributed by atoms with van der Waals surface area (Å²) in [5, 5.41) is 11.6. The van der Waals surface area contributed by atoms with Gasteiger partial charge in [0.05, 0.1) is 18.7 Å². The van der Waals surface area contributed by atoms with Crippen molar-refractivity contribution in [1.82, 2.24) is 14.9 Å². The summed E-state index contributed by atoms with van der Waals surface area (Å²) in [6.45, 7) is 1.92. The Morgan fingerprint density at radius 2 is 1.92 bits per heavy atom. The highest BCUT2D eigenvalue weighted by atomic mass is 19.1. The fraction of sp³-hybridized carbons (Fsp3) is 0.280. The Labute approximate surface area is 204 Å². The predicted octanol–water partition coefficient (Wildman–Crippen LogP) is 4.18. The van der Waals surface area contributed by atoms with Gasteiger partial charge in [0, 0.05) is 11.3 Å². The Morgan fingerprint density at radius 1 is 1.17 bits per heavy atom. The molecule has 2 aromatic carbocycles. The molecule has 5 rings (SSSR count). The number of likely N-dealkylation sites (tertiary alicyclic amines) is 1. The maximum absolute atomic E-state index is 14.7. The number of rotatable bonds is 6. The van der Waals surface area contributed by atoms with E-state index in [9.17, 15) is 18.4 Å². The molecule has 0 unspecified atom stereocenters.